The number of aromatic nitrogens is 3. The van der Waals surface area contributed by atoms with Crippen molar-refractivity contribution in [1.29, 1.82) is 0 Å². The molecule has 90 valence electrons. The number of nitrogens with zero attached hydrogens (tertiary/aromatic N) is 3. The Morgan fingerprint density at radius 2 is 2.18 bits per heavy atom. The van der Waals surface area contributed by atoms with E-state index in [9.17, 15) is 0 Å². The molecule has 17 heavy (non-hydrogen) atoms. The number of hydrogen-bond acceptors (Lipinski definition) is 4. The molecule has 5 nitrogen and oxygen atoms in total. The van der Waals surface area contributed by atoms with Gasteiger partial charge in [-0.3, -0.25) is 0 Å². The summed E-state index contributed by atoms with van der Waals surface area (Å²) in [6.07, 6.45) is 3.69. The molecule has 0 aliphatic carbocycles. The zero-order chi connectivity index (χ0) is 12.4. The molecule has 0 atom stereocenters. The molecule has 2 rings (SSSR count). The summed E-state index contributed by atoms with van der Waals surface area (Å²) >= 11 is 2.20. The molecule has 2 aromatic heterocycles. The molecule has 0 radical (unpaired) electrons. The van der Waals surface area contributed by atoms with E-state index in [1.807, 2.05) is 26.1 Å². The van der Waals surface area contributed by atoms with Crippen LogP contribution < -0.4 is 10.5 Å². The van der Waals surface area contributed by atoms with Gasteiger partial charge >= 0.3 is 0 Å². The maximum atomic E-state index is 5.80. The van der Waals surface area contributed by atoms with Crippen molar-refractivity contribution in [1.82, 2.24) is 14.8 Å². The largest absolute Gasteiger partial charge is 0.473 e. The Balaban J connectivity index is 2.36. The fourth-order valence-electron chi connectivity index (χ4n) is 1.31. The van der Waals surface area contributed by atoms with Crippen LogP contribution in [0.25, 0.3) is 5.82 Å². The van der Waals surface area contributed by atoms with Crippen molar-refractivity contribution in [2.45, 2.75) is 20.0 Å². The molecule has 2 N–H and O–H groups in total. The Hall–Kier alpha value is -1.31. The van der Waals surface area contributed by atoms with Gasteiger partial charge in [0, 0.05) is 6.20 Å². The minimum Gasteiger partial charge on any atom is -0.473 e. The molecule has 0 saturated carbocycles. The fourth-order valence-corrected chi connectivity index (χ4v) is 1.70. The SMILES string of the molecule is CC(C)Oc1nc(-n2cc(I)cn2)ccc1N. The molecule has 0 unspecified atom stereocenters. The van der Waals surface area contributed by atoms with E-state index in [2.05, 4.69) is 32.7 Å². The highest BCUT2D eigenvalue weighted by Crippen LogP contribution is 2.21. The zero-order valence-corrected chi connectivity index (χ0v) is 11.7. The third-order valence-corrected chi connectivity index (χ3v) is 2.57. The lowest BCUT2D eigenvalue weighted by atomic mass is 10.4. The van der Waals surface area contributed by atoms with Crippen LogP contribution in [0.4, 0.5) is 5.69 Å². The second-order valence-electron chi connectivity index (χ2n) is 3.83. The highest BCUT2D eigenvalue weighted by atomic mass is 127. The van der Waals surface area contributed by atoms with Crippen LogP contribution in [0.1, 0.15) is 13.8 Å². The van der Waals surface area contributed by atoms with E-state index in [0.717, 1.165) is 3.57 Å². The predicted octanol–water partition coefficient (Wildman–Crippen LogP) is 2.24. The highest BCUT2D eigenvalue weighted by molar-refractivity contribution is 14.1. The Kier molecular flexibility index (Phi) is 3.51. The summed E-state index contributed by atoms with van der Waals surface area (Å²) in [5.41, 5.74) is 6.33. The lowest BCUT2D eigenvalue weighted by Gasteiger charge is -2.11. The van der Waals surface area contributed by atoms with Crippen LogP contribution in [0.2, 0.25) is 0 Å². The Morgan fingerprint density at radius 3 is 2.76 bits per heavy atom. The lowest BCUT2D eigenvalue weighted by molar-refractivity contribution is 0.234. The molecular formula is C11H13IN4O. The van der Waals surface area contributed by atoms with E-state index < -0.39 is 0 Å². The molecule has 2 heterocycles. The molecule has 0 saturated heterocycles. The summed E-state index contributed by atoms with van der Waals surface area (Å²) in [6.45, 7) is 3.87. The third kappa shape index (κ3) is 2.87. The van der Waals surface area contributed by atoms with Crippen LogP contribution in [0.3, 0.4) is 0 Å². The maximum absolute atomic E-state index is 5.80. The number of hydrogen-bond donors (Lipinski definition) is 1. The topological polar surface area (TPSA) is 66.0 Å². The summed E-state index contributed by atoms with van der Waals surface area (Å²) < 4.78 is 8.27. The second-order valence-corrected chi connectivity index (χ2v) is 5.08. The number of halogens is 1. The number of anilines is 1. The normalized spacial score (nSPS) is 10.8. The van der Waals surface area contributed by atoms with E-state index in [0.29, 0.717) is 17.4 Å². The predicted molar refractivity (Wildman–Crippen MR) is 74.3 cm³/mol. The van der Waals surface area contributed by atoms with Crippen LogP contribution in [-0.4, -0.2) is 20.9 Å². The molecule has 0 aliphatic heterocycles. The van der Waals surface area contributed by atoms with Crippen molar-refractivity contribution in [2.75, 3.05) is 5.73 Å². The molecule has 2 aromatic rings. The quantitative estimate of drug-likeness (QED) is 0.868. The summed E-state index contributed by atoms with van der Waals surface area (Å²) in [5, 5.41) is 4.19. The van der Waals surface area contributed by atoms with E-state index >= 15 is 0 Å². The van der Waals surface area contributed by atoms with Crippen molar-refractivity contribution in [3.63, 3.8) is 0 Å². The average Bonchev–Trinajstić information content (AvgIpc) is 2.67. The van der Waals surface area contributed by atoms with Gasteiger partial charge in [-0.15, -0.1) is 0 Å². The van der Waals surface area contributed by atoms with Gasteiger partial charge in [0.1, 0.15) is 0 Å². The van der Waals surface area contributed by atoms with Crippen molar-refractivity contribution < 1.29 is 4.74 Å². The maximum Gasteiger partial charge on any atom is 0.239 e. The van der Waals surface area contributed by atoms with Crippen LogP contribution in [-0.2, 0) is 0 Å². The van der Waals surface area contributed by atoms with Gasteiger partial charge in [0.15, 0.2) is 5.82 Å². The van der Waals surface area contributed by atoms with Gasteiger partial charge in [0.05, 0.1) is 21.6 Å². The first kappa shape index (κ1) is 12.2. The van der Waals surface area contributed by atoms with Crippen molar-refractivity contribution in [3.8, 4) is 11.7 Å². The van der Waals surface area contributed by atoms with Gasteiger partial charge in [-0.2, -0.15) is 10.1 Å². The third-order valence-electron chi connectivity index (χ3n) is 2.01. The van der Waals surface area contributed by atoms with E-state index in [-0.39, 0.29) is 6.10 Å². The number of rotatable bonds is 3. The van der Waals surface area contributed by atoms with Gasteiger partial charge < -0.3 is 10.5 Å². The number of ether oxygens (including phenoxy) is 1. The zero-order valence-electron chi connectivity index (χ0n) is 9.59. The first-order valence-electron chi connectivity index (χ1n) is 5.20. The minimum absolute atomic E-state index is 0.0396. The van der Waals surface area contributed by atoms with Crippen molar-refractivity contribution >= 4 is 28.3 Å². The first-order chi connectivity index (χ1) is 8.06. The molecule has 0 bridgehead atoms. The molecule has 0 aromatic carbocycles. The monoisotopic (exact) mass is 344 g/mol. The number of nitrogens with two attached hydrogens (primary N) is 1. The average molecular weight is 344 g/mol. The summed E-state index contributed by atoms with van der Waals surface area (Å²) in [5.74, 6) is 1.14. The summed E-state index contributed by atoms with van der Waals surface area (Å²) in [7, 11) is 0. The number of pyridine rings is 1. The molecule has 0 amide bonds. The van der Waals surface area contributed by atoms with Crippen LogP contribution in [0.5, 0.6) is 5.88 Å². The van der Waals surface area contributed by atoms with E-state index in [1.54, 1.807) is 16.9 Å². The summed E-state index contributed by atoms with van der Waals surface area (Å²) in [4.78, 5) is 4.35. The van der Waals surface area contributed by atoms with Gasteiger partial charge in [-0.25, -0.2) is 4.68 Å². The van der Waals surface area contributed by atoms with Gasteiger partial charge in [-0.05, 0) is 48.6 Å². The molecule has 6 heteroatoms. The highest BCUT2D eigenvalue weighted by Gasteiger charge is 2.08. The molecule has 0 fully saturated rings. The Bertz CT molecular complexity index is 524. The van der Waals surface area contributed by atoms with E-state index in [4.69, 9.17) is 10.5 Å². The van der Waals surface area contributed by atoms with Gasteiger partial charge in [0.2, 0.25) is 5.88 Å². The fraction of sp³-hybridized carbons (Fsp3) is 0.273. The van der Waals surface area contributed by atoms with E-state index in [1.165, 1.54) is 0 Å². The number of nitrogen functional groups attached to an aromatic ring is 1. The standard InChI is InChI=1S/C11H13IN4O/c1-7(2)17-11-9(13)3-4-10(15-11)16-6-8(12)5-14-16/h3-7H,13H2,1-2H3. The summed E-state index contributed by atoms with van der Waals surface area (Å²) in [6, 6.07) is 3.58. The lowest BCUT2D eigenvalue weighted by Crippen LogP contribution is -2.10. The van der Waals surface area contributed by atoms with Crippen molar-refractivity contribution in [2.24, 2.45) is 0 Å². The van der Waals surface area contributed by atoms with Crippen LogP contribution >= 0.6 is 22.6 Å². The Labute approximate surface area is 113 Å². The van der Waals surface area contributed by atoms with Crippen molar-refractivity contribution in [3.05, 3.63) is 28.1 Å². The minimum atomic E-state index is 0.0396. The van der Waals surface area contributed by atoms with Gasteiger partial charge in [-0.1, -0.05) is 0 Å². The smallest absolute Gasteiger partial charge is 0.239 e. The Morgan fingerprint density at radius 1 is 1.41 bits per heavy atom. The van der Waals surface area contributed by atoms with Crippen LogP contribution in [0.15, 0.2) is 24.5 Å². The molecule has 0 spiro atoms. The van der Waals surface area contributed by atoms with Crippen LogP contribution in [0, 0.1) is 3.57 Å². The van der Waals surface area contributed by atoms with Gasteiger partial charge in [0.25, 0.3) is 0 Å². The molecule has 0 aliphatic rings. The first-order valence-corrected chi connectivity index (χ1v) is 6.28. The second kappa shape index (κ2) is 4.91. The molecular weight excluding hydrogens is 331 g/mol.